The van der Waals surface area contributed by atoms with Crippen LogP contribution >= 0.6 is 0 Å². The zero-order valence-electron chi connectivity index (χ0n) is 14.9. The van der Waals surface area contributed by atoms with Crippen molar-refractivity contribution < 1.29 is 5.11 Å². The number of nitrogens with zero attached hydrogens (tertiary/aromatic N) is 2. The van der Waals surface area contributed by atoms with E-state index in [-0.39, 0.29) is 6.10 Å². The molecule has 130 valence electrons. The lowest BCUT2D eigenvalue weighted by molar-refractivity contribution is -0.0332. The first-order valence-electron chi connectivity index (χ1n) is 9.20. The van der Waals surface area contributed by atoms with Gasteiger partial charge in [-0.1, -0.05) is 18.2 Å². The first-order valence-corrected chi connectivity index (χ1v) is 9.20. The number of fused-ring (bicyclic) bond motifs is 1. The second kappa shape index (κ2) is 6.17. The van der Waals surface area contributed by atoms with Gasteiger partial charge < -0.3 is 15.0 Å². The monoisotopic (exact) mass is 327 g/mol. The van der Waals surface area contributed by atoms with Crippen LogP contribution in [-0.2, 0) is 6.54 Å². The van der Waals surface area contributed by atoms with E-state index in [1.54, 1.807) is 0 Å². The molecule has 2 aliphatic heterocycles. The highest BCUT2D eigenvalue weighted by molar-refractivity contribution is 5.84. The van der Waals surface area contributed by atoms with Gasteiger partial charge in [0, 0.05) is 36.2 Å². The molecule has 2 aromatic rings. The van der Waals surface area contributed by atoms with E-state index >= 15 is 0 Å². The topological polar surface area (TPSA) is 42.5 Å². The average molecular weight is 327 g/mol. The van der Waals surface area contributed by atoms with Gasteiger partial charge in [-0.25, -0.2) is 0 Å². The van der Waals surface area contributed by atoms with Crippen LogP contribution < -0.4 is 0 Å². The summed E-state index contributed by atoms with van der Waals surface area (Å²) in [6.07, 6.45) is 3.24. The van der Waals surface area contributed by atoms with Gasteiger partial charge in [-0.2, -0.15) is 0 Å². The summed E-state index contributed by atoms with van der Waals surface area (Å²) in [6.45, 7) is 7.48. The van der Waals surface area contributed by atoms with E-state index < -0.39 is 0 Å². The maximum Gasteiger partial charge on any atom is 0.0672 e. The number of aromatic amines is 1. The fraction of sp³-hybridized carbons (Fsp3) is 0.600. The normalized spacial score (nSPS) is 25.5. The first-order chi connectivity index (χ1) is 11.5. The maximum atomic E-state index is 10.2. The van der Waals surface area contributed by atoms with Gasteiger partial charge in [-0.15, -0.1) is 0 Å². The van der Waals surface area contributed by atoms with Gasteiger partial charge in [0.25, 0.3) is 0 Å². The summed E-state index contributed by atoms with van der Waals surface area (Å²) in [5.74, 6) is 0. The van der Waals surface area contributed by atoms with Gasteiger partial charge in [-0.3, -0.25) is 4.90 Å². The van der Waals surface area contributed by atoms with Gasteiger partial charge in [0.1, 0.15) is 0 Å². The molecule has 2 N–H and O–H groups in total. The summed E-state index contributed by atoms with van der Waals surface area (Å²) >= 11 is 0. The van der Waals surface area contributed by atoms with Crippen molar-refractivity contribution in [2.45, 2.75) is 38.8 Å². The summed E-state index contributed by atoms with van der Waals surface area (Å²) in [7, 11) is 2.14. The van der Waals surface area contributed by atoms with E-state index in [0.29, 0.717) is 5.41 Å². The number of rotatable bonds is 2. The number of hydrogen-bond acceptors (Lipinski definition) is 3. The van der Waals surface area contributed by atoms with E-state index in [9.17, 15) is 5.11 Å². The summed E-state index contributed by atoms with van der Waals surface area (Å²) in [6, 6.07) is 8.57. The molecule has 24 heavy (non-hydrogen) atoms. The minimum absolute atomic E-state index is 0.147. The molecule has 4 nitrogen and oxygen atoms in total. The number of para-hydroxylation sites is 1. The number of likely N-dealkylation sites (tertiary alicyclic amines) is 2. The largest absolute Gasteiger partial charge is 0.392 e. The van der Waals surface area contributed by atoms with Crippen molar-refractivity contribution in [1.29, 1.82) is 0 Å². The molecule has 1 atom stereocenters. The summed E-state index contributed by atoms with van der Waals surface area (Å²) in [5, 5.41) is 11.5. The molecule has 4 rings (SSSR count). The molecular formula is C20H29N3O. The minimum Gasteiger partial charge on any atom is -0.392 e. The number of aryl methyl sites for hydroxylation is 1. The zero-order chi connectivity index (χ0) is 16.7. The van der Waals surface area contributed by atoms with Crippen LogP contribution in [0.15, 0.2) is 24.3 Å². The van der Waals surface area contributed by atoms with Crippen LogP contribution in [0.2, 0.25) is 0 Å². The molecule has 0 radical (unpaired) electrons. The highest BCUT2D eigenvalue weighted by Gasteiger charge is 2.40. The second-order valence-corrected chi connectivity index (χ2v) is 8.10. The predicted octanol–water partition coefficient (Wildman–Crippen LogP) is 2.75. The third kappa shape index (κ3) is 2.99. The Morgan fingerprint density at radius 2 is 2.00 bits per heavy atom. The highest BCUT2D eigenvalue weighted by atomic mass is 16.3. The minimum atomic E-state index is -0.147. The number of nitrogens with one attached hydrogen (secondary N) is 1. The van der Waals surface area contributed by atoms with E-state index in [0.717, 1.165) is 39.1 Å². The number of aliphatic hydroxyl groups is 1. The molecule has 2 saturated heterocycles. The van der Waals surface area contributed by atoms with Gasteiger partial charge in [-0.05, 0) is 63.4 Å². The zero-order valence-corrected chi connectivity index (χ0v) is 14.9. The molecular weight excluding hydrogens is 298 g/mol. The van der Waals surface area contributed by atoms with Crippen molar-refractivity contribution in [2.75, 3.05) is 33.2 Å². The number of hydrogen-bond donors (Lipinski definition) is 2. The molecule has 1 aromatic heterocycles. The Labute approximate surface area is 144 Å². The van der Waals surface area contributed by atoms with Crippen molar-refractivity contribution >= 4 is 10.9 Å². The van der Waals surface area contributed by atoms with Crippen LogP contribution in [0.3, 0.4) is 0 Å². The number of aromatic nitrogens is 1. The Morgan fingerprint density at radius 1 is 1.25 bits per heavy atom. The Hall–Kier alpha value is -1.36. The summed E-state index contributed by atoms with van der Waals surface area (Å²) in [5.41, 5.74) is 4.32. The SMILES string of the molecule is Cc1c(CN2CCC3(CC2)CC(O)CN(C)C3)[nH]c2ccccc12. The van der Waals surface area contributed by atoms with Crippen molar-refractivity contribution in [3.8, 4) is 0 Å². The molecule has 2 fully saturated rings. The van der Waals surface area contributed by atoms with Crippen LogP contribution in [-0.4, -0.2) is 59.2 Å². The Bertz CT molecular complexity index is 703. The molecule has 0 bridgehead atoms. The standard InChI is InChI=1S/C20H29N3O/c1-15-17-5-3-4-6-18(17)21-19(15)13-23-9-7-20(8-10-23)11-16(24)12-22(2)14-20/h3-6,16,21,24H,7-14H2,1-2H3. The number of benzene rings is 1. The molecule has 0 aliphatic carbocycles. The first kappa shape index (κ1) is 16.1. The van der Waals surface area contributed by atoms with E-state index in [1.807, 2.05) is 0 Å². The lowest BCUT2D eigenvalue weighted by Crippen LogP contribution is -2.52. The van der Waals surface area contributed by atoms with Gasteiger partial charge >= 0.3 is 0 Å². The fourth-order valence-electron chi connectivity index (χ4n) is 4.89. The lowest BCUT2D eigenvalue weighted by atomic mass is 9.72. The molecule has 3 heterocycles. The van der Waals surface area contributed by atoms with Crippen molar-refractivity contribution in [2.24, 2.45) is 5.41 Å². The smallest absolute Gasteiger partial charge is 0.0672 e. The van der Waals surface area contributed by atoms with Gasteiger partial charge in [0.2, 0.25) is 0 Å². The Kier molecular flexibility index (Phi) is 4.15. The summed E-state index contributed by atoms with van der Waals surface area (Å²) < 4.78 is 0. The van der Waals surface area contributed by atoms with Crippen LogP contribution in [0.25, 0.3) is 10.9 Å². The third-order valence-electron chi connectivity index (χ3n) is 6.16. The fourth-order valence-corrected chi connectivity index (χ4v) is 4.89. The van der Waals surface area contributed by atoms with E-state index in [4.69, 9.17) is 0 Å². The Balaban J connectivity index is 1.43. The molecule has 0 saturated carbocycles. The highest BCUT2D eigenvalue weighted by Crippen LogP contribution is 2.40. The van der Waals surface area contributed by atoms with Crippen LogP contribution in [0.4, 0.5) is 0 Å². The molecule has 1 unspecified atom stereocenters. The van der Waals surface area contributed by atoms with Crippen molar-refractivity contribution in [3.63, 3.8) is 0 Å². The van der Waals surface area contributed by atoms with Crippen LogP contribution in [0.5, 0.6) is 0 Å². The Morgan fingerprint density at radius 3 is 2.71 bits per heavy atom. The average Bonchev–Trinajstić information content (AvgIpc) is 2.85. The van der Waals surface area contributed by atoms with Crippen LogP contribution in [0.1, 0.15) is 30.5 Å². The number of aliphatic hydroxyl groups excluding tert-OH is 1. The molecule has 2 aliphatic rings. The van der Waals surface area contributed by atoms with Crippen LogP contribution in [0, 0.1) is 12.3 Å². The van der Waals surface area contributed by atoms with E-state index in [2.05, 4.69) is 53.0 Å². The lowest BCUT2D eigenvalue weighted by Gasteiger charge is -2.48. The van der Waals surface area contributed by atoms with Crippen molar-refractivity contribution in [1.82, 2.24) is 14.8 Å². The number of H-pyrrole nitrogens is 1. The number of likely N-dealkylation sites (N-methyl/N-ethyl adjacent to an activating group) is 1. The maximum absolute atomic E-state index is 10.2. The third-order valence-corrected chi connectivity index (χ3v) is 6.16. The van der Waals surface area contributed by atoms with E-state index in [1.165, 1.54) is 35.0 Å². The second-order valence-electron chi connectivity index (χ2n) is 8.10. The van der Waals surface area contributed by atoms with Gasteiger partial charge in [0.15, 0.2) is 0 Å². The van der Waals surface area contributed by atoms with Gasteiger partial charge in [0.05, 0.1) is 6.10 Å². The summed E-state index contributed by atoms with van der Waals surface area (Å²) in [4.78, 5) is 8.49. The van der Waals surface area contributed by atoms with Crippen molar-refractivity contribution in [3.05, 3.63) is 35.5 Å². The predicted molar refractivity (Wildman–Crippen MR) is 98.1 cm³/mol. The molecule has 1 spiro atoms. The number of β-amino-alcohol motifs (C(OH)–C–C–N with tert-alkyl or cyclic N) is 1. The molecule has 1 aromatic carbocycles. The molecule has 0 amide bonds. The molecule has 4 heteroatoms. The number of piperidine rings is 2. The quantitative estimate of drug-likeness (QED) is 0.891.